The summed E-state index contributed by atoms with van der Waals surface area (Å²) in [5.41, 5.74) is 0.542. The predicted octanol–water partition coefficient (Wildman–Crippen LogP) is 3.31. The number of hydrogen-bond acceptors (Lipinski definition) is 1. The molecule has 0 bridgehead atoms. The molecule has 2 aliphatic rings. The van der Waals surface area contributed by atoms with E-state index < -0.39 is 0 Å². The highest BCUT2D eigenvalue weighted by molar-refractivity contribution is 6.26. The third-order valence-corrected chi connectivity index (χ3v) is 4.66. The van der Waals surface area contributed by atoms with Crippen LogP contribution in [0.4, 0.5) is 0 Å². The van der Waals surface area contributed by atoms with Crippen LogP contribution in [0, 0.1) is 5.41 Å². The van der Waals surface area contributed by atoms with Gasteiger partial charge in [0.1, 0.15) is 0 Å². The highest BCUT2D eigenvalue weighted by Crippen LogP contribution is 2.46. The SMILES string of the molecule is CC(NC1CCC(C)(C)C1)C1(Cl)CC1. The van der Waals surface area contributed by atoms with Gasteiger partial charge < -0.3 is 5.32 Å². The largest absolute Gasteiger partial charge is 0.310 e. The van der Waals surface area contributed by atoms with Gasteiger partial charge in [-0.1, -0.05) is 13.8 Å². The van der Waals surface area contributed by atoms with Gasteiger partial charge >= 0.3 is 0 Å². The molecule has 0 aliphatic heterocycles. The molecule has 2 rings (SSSR count). The first-order valence-electron chi connectivity index (χ1n) is 5.86. The van der Waals surface area contributed by atoms with E-state index in [1.54, 1.807) is 0 Å². The summed E-state index contributed by atoms with van der Waals surface area (Å²) >= 11 is 6.38. The van der Waals surface area contributed by atoms with Crippen molar-refractivity contribution in [3.63, 3.8) is 0 Å². The van der Waals surface area contributed by atoms with Crippen molar-refractivity contribution in [1.29, 1.82) is 0 Å². The molecule has 2 aliphatic carbocycles. The summed E-state index contributed by atoms with van der Waals surface area (Å²) in [6, 6.07) is 1.19. The zero-order valence-corrected chi connectivity index (χ0v) is 10.3. The van der Waals surface area contributed by atoms with Gasteiger partial charge in [0, 0.05) is 12.1 Å². The van der Waals surface area contributed by atoms with E-state index >= 15 is 0 Å². The standard InChI is InChI=1S/C12H22ClN/c1-9(12(13)6-7-12)14-10-4-5-11(2,3)8-10/h9-10,14H,4-8H2,1-3H3. The summed E-state index contributed by atoms with van der Waals surface area (Å²) in [7, 11) is 0. The maximum absolute atomic E-state index is 6.38. The van der Waals surface area contributed by atoms with Crippen molar-refractivity contribution < 1.29 is 0 Å². The van der Waals surface area contributed by atoms with Crippen molar-refractivity contribution in [2.24, 2.45) is 5.41 Å². The number of halogens is 1. The molecule has 2 unspecified atom stereocenters. The molecule has 0 spiro atoms. The molecule has 2 heteroatoms. The topological polar surface area (TPSA) is 12.0 Å². The predicted molar refractivity (Wildman–Crippen MR) is 61.8 cm³/mol. The molecule has 2 fully saturated rings. The molecule has 2 saturated carbocycles. The van der Waals surface area contributed by atoms with Gasteiger partial charge in [0.25, 0.3) is 0 Å². The molecule has 14 heavy (non-hydrogen) atoms. The van der Waals surface area contributed by atoms with Gasteiger partial charge in [0.15, 0.2) is 0 Å². The maximum atomic E-state index is 6.38. The fourth-order valence-corrected chi connectivity index (χ4v) is 2.79. The molecular weight excluding hydrogens is 194 g/mol. The smallest absolute Gasteiger partial charge is 0.0598 e. The summed E-state index contributed by atoms with van der Waals surface area (Å²) < 4.78 is 0. The average Bonchev–Trinajstić information content (AvgIpc) is 2.72. The van der Waals surface area contributed by atoms with E-state index in [0.29, 0.717) is 17.5 Å². The molecule has 0 aromatic rings. The second-order valence-corrected chi connectivity index (χ2v) is 6.78. The summed E-state index contributed by atoms with van der Waals surface area (Å²) in [6.45, 7) is 6.98. The second kappa shape index (κ2) is 3.38. The minimum absolute atomic E-state index is 0.104. The van der Waals surface area contributed by atoms with E-state index in [1.165, 1.54) is 32.1 Å². The Kier molecular flexibility index (Phi) is 2.60. The molecule has 0 saturated heterocycles. The van der Waals surface area contributed by atoms with Crippen molar-refractivity contribution in [2.45, 2.75) is 69.8 Å². The van der Waals surface area contributed by atoms with Crippen molar-refractivity contribution >= 4 is 11.6 Å². The summed E-state index contributed by atoms with van der Waals surface area (Å²) in [5.74, 6) is 0. The molecule has 1 N–H and O–H groups in total. The van der Waals surface area contributed by atoms with Crippen LogP contribution >= 0.6 is 11.6 Å². The van der Waals surface area contributed by atoms with Crippen LogP contribution in [0.15, 0.2) is 0 Å². The normalized spacial score (nSPS) is 35.6. The molecule has 2 atom stereocenters. The molecular formula is C12H22ClN. The van der Waals surface area contributed by atoms with Crippen LogP contribution in [0.25, 0.3) is 0 Å². The van der Waals surface area contributed by atoms with Crippen LogP contribution in [0.5, 0.6) is 0 Å². The van der Waals surface area contributed by atoms with Crippen LogP contribution in [-0.4, -0.2) is 17.0 Å². The first kappa shape index (κ1) is 10.8. The Morgan fingerprint density at radius 3 is 2.36 bits per heavy atom. The minimum Gasteiger partial charge on any atom is -0.310 e. The molecule has 0 heterocycles. The Bertz CT molecular complexity index is 220. The van der Waals surface area contributed by atoms with E-state index in [-0.39, 0.29) is 4.87 Å². The van der Waals surface area contributed by atoms with Crippen LogP contribution in [0.3, 0.4) is 0 Å². The zero-order chi connectivity index (χ0) is 10.4. The third-order valence-electron chi connectivity index (χ3n) is 3.96. The Morgan fingerprint density at radius 2 is 1.93 bits per heavy atom. The highest BCUT2D eigenvalue weighted by Gasteiger charge is 2.46. The third kappa shape index (κ3) is 2.25. The van der Waals surface area contributed by atoms with Gasteiger partial charge in [0.05, 0.1) is 4.87 Å². The molecule has 0 radical (unpaired) electrons. The molecule has 0 aromatic carbocycles. The number of nitrogens with one attached hydrogen (secondary N) is 1. The van der Waals surface area contributed by atoms with Crippen molar-refractivity contribution in [1.82, 2.24) is 5.32 Å². The van der Waals surface area contributed by atoms with Crippen molar-refractivity contribution in [3.8, 4) is 0 Å². The van der Waals surface area contributed by atoms with E-state index in [0.717, 1.165) is 0 Å². The van der Waals surface area contributed by atoms with E-state index in [2.05, 4.69) is 26.1 Å². The van der Waals surface area contributed by atoms with Gasteiger partial charge in [-0.2, -0.15) is 0 Å². The Hall–Kier alpha value is 0.250. The molecule has 1 nitrogen and oxygen atoms in total. The maximum Gasteiger partial charge on any atom is 0.0598 e. The summed E-state index contributed by atoms with van der Waals surface area (Å²) in [6.07, 6.45) is 6.37. The average molecular weight is 216 g/mol. The van der Waals surface area contributed by atoms with Gasteiger partial charge in [-0.25, -0.2) is 0 Å². The summed E-state index contributed by atoms with van der Waals surface area (Å²) in [4.78, 5) is 0.104. The Balaban J connectivity index is 1.81. The van der Waals surface area contributed by atoms with E-state index in [4.69, 9.17) is 11.6 Å². The number of hydrogen-bond donors (Lipinski definition) is 1. The van der Waals surface area contributed by atoms with Crippen LogP contribution in [0.2, 0.25) is 0 Å². The quantitative estimate of drug-likeness (QED) is 0.713. The lowest BCUT2D eigenvalue weighted by molar-refractivity contribution is 0.351. The minimum atomic E-state index is 0.104. The van der Waals surface area contributed by atoms with Gasteiger partial charge in [0.2, 0.25) is 0 Å². The summed E-state index contributed by atoms with van der Waals surface area (Å²) in [5, 5.41) is 3.70. The lowest BCUT2D eigenvalue weighted by atomic mass is 9.92. The second-order valence-electron chi connectivity index (χ2n) is 6.03. The van der Waals surface area contributed by atoms with Crippen molar-refractivity contribution in [3.05, 3.63) is 0 Å². The van der Waals surface area contributed by atoms with Crippen molar-refractivity contribution in [2.75, 3.05) is 0 Å². The monoisotopic (exact) mass is 215 g/mol. The molecule has 0 amide bonds. The Morgan fingerprint density at radius 1 is 1.29 bits per heavy atom. The number of rotatable bonds is 3. The lowest BCUT2D eigenvalue weighted by Gasteiger charge is -2.24. The van der Waals surface area contributed by atoms with Crippen LogP contribution < -0.4 is 5.32 Å². The fraction of sp³-hybridized carbons (Fsp3) is 1.00. The fourth-order valence-electron chi connectivity index (χ4n) is 2.63. The van der Waals surface area contributed by atoms with Crippen LogP contribution in [0.1, 0.15) is 52.9 Å². The van der Waals surface area contributed by atoms with E-state index in [9.17, 15) is 0 Å². The molecule has 0 aromatic heterocycles. The lowest BCUT2D eigenvalue weighted by Crippen LogP contribution is -2.41. The van der Waals surface area contributed by atoms with Gasteiger partial charge in [-0.3, -0.25) is 0 Å². The first-order valence-corrected chi connectivity index (χ1v) is 6.24. The van der Waals surface area contributed by atoms with E-state index in [1.807, 2.05) is 0 Å². The molecule has 82 valence electrons. The number of alkyl halides is 1. The highest BCUT2D eigenvalue weighted by atomic mass is 35.5. The Labute approximate surface area is 92.6 Å². The van der Waals surface area contributed by atoms with Gasteiger partial charge in [-0.15, -0.1) is 11.6 Å². The zero-order valence-electron chi connectivity index (χ0n) is 9.57. The van der Waals surface area contributed by atoms with Crippen LogP contribution in [-0.2, 0) is 0 Å². The van der Waals surface area contributed by atoms with Gasteiger partial charge in [-0.05, 0) is 44.4 Å². The first-order chi connectivity index (χ1) is 6.41.